The molecule has 0 fully saturated rings. The van der Waals surface area contributed by atoms with Crippen LogP contribution in [0.3, 0.4) is 0 Å². The van der Waals surface area contributed by atoms with Crippen molar-refractivity contribution in [3.05, 3.63) is 29.3 Å². The first-order chi connectivity index (χ1) is 5.29. The summed E-state index contributed by atoms with van der Waals surface area (Å²) in [5.74, 6) is 1.69. The number of aryl methyl sites for hydroxylation is 1. The molecule has 1 aliphatic heterocycles. The second-order valence-electron chi connectivity index (χ2n) is 3.21. The van der Waals surface area contributed by atoms with Gasteiger partial charge in [0.15, 0.2) is 0 Å². The Morgan fingerprint density at radius 3 is 3.00 bits per heavy atom. The Morgan fingerprint density at radius 1 is 1.45 bits per heavy atom. The zero-order chi connectivity index (χ0) is 7.84. The molecule has 1 aromatic carbocycles. The fourth-order valence-corrected chi connectivity index (χ4v) is 1.56. The Hall–Kier alpha value is -0.980. The van der Waals surface area contributed by atoms with Gasteiger partial charge < -0.3 is 4.74 Å². The second-order valence-corrected chi connectivity index (χ2v) is 3.21. The van der Waals surface area contributed by atoms with Crippen molar-refractivity contribution in [3.8, 4) is 5.75 Å². The van der Waals surface area contributed by atoms with Gasteiger partial charge in [-0.05, 0) is 12.5 Å². The van der Waals surface area contributed by atoms with Gasteiger partial charge in [0.25, 0.3) is 0 Å². The number of hydrogen-bond donors (Lipinski definition) is 0. The van der Waals surface area contributed by atoms with Gasteiger partial charge in [0.05, 0.1) is 6.61 Å². The van der Waals surface area contributed by atoms with Gasteiger partial charge in [0.1, 0.15) is 5.75 Å². The molecule has 0 radical (unpaired) electrons. The second kappa shape index (κ2) is 2.26. The third-order valence-electron chi connectivity index (χ3n) is 2.25. The van der Waals surface area contributed by atoms with E-state index in [0.29, 0.717) is 5.92 Å². The zero-order valence-corrected chi connectivity index (χ0v) is 6.92. The van der Waals surface area contributed by atoms with Crippen LogP contribution < -0.4 is 4.74 Å². The van der Waals surface area contributed by atoms with Gasteiger partial charge in [-0.25, -0.2) is 0 Å². The first-order valence-corrected chi connectivity index (χ1v) is 4.01. The Kier molecular flexibility index (Phi) is 1.38. The van der Waals surface area contributed by atoms with E-state index in [0.717, 1.165) is 12.4 Å². The summed E-state index contributed by atoms with van der Waals surface area (Å²) in [4.78, 5) is 0. The van der Waals surface area contributed by atoms with E-state index >= 15 is 0 Å². The minimum atomic E-state index is 0.574. The standard InChI is InChI=1S/C10H12O/c1-7-4-3-5-9-8(2)6-11-10(7)9/h3-5,8H,6H2,1-2H3/t8-/m0/s1. The van der Waals surface area contributed by atoms with E-state index in [1.807, 2.05) is 0 Å². The molecule has 1 aliphatic rings. The highest BCUT2D eigenvalue weighted by atomic mass is 16.5. The van der Waals surface area contributed by atoms with Crippen LogP contribution in [0.5, 0.6) is 5.75 Å². The van der Waals surface area contributed by atoms with Crippen LogP contribution in [0.2, 0.25) is 0 Å². The summed E-state index contributed by atoms with van der Waals surface area (Å²) in [6.07, 6.45) is 0. The molecule has 0 aliphatic carbocycles. The highest BCUT2D eigenvalue weighted by Gasteiger charge is 2.20. The highest BCUT2D eigenvalue weighted by Crippen LogP contribution is 2.35. The van der Waals surface area contributed by atoms with Crippen molar-refractivity contribution in [2.45, 2.75) is 19.8 Å². The molecule has 0 amide bonds. The molecule has 0 aromatic heterocycles. The predicted molar refractivity (Wildman–Crippen MR) is 45.1 cm³/mol. The topological polar surface area (TPSA) is 9.23 Å². The molecule has 0 saturated heterocycles. The molecule has 0 unspecified atom stereocenters. The summed E-state index contributed by atoms with van der Waals surface area (Å²) in [5.41, 5.74) is 2.62. The number of hydrogen-bond acceptors (Lipinski definition) is 1. The summed E-state index contributed by atoms with van der Waals surface area (Å²) in [6.45, 7) is 5.14. The molecule has 1 nitrogen and oxygen atoms in total. The van der Waals surface area contributed by atoms with Gasteiger partial charge >= 0.3 is 0 Å². The number of ether oxygens (including phenoxy) is 1. The van der Waals surface area contributed by atoms with Crippen LogP contribution >= 0.6 is 0 Å². The largest absolute Gasteiger partial charge is 0.492 e. The van der Waals surface area contributed by atoms with E-state index < -0.39 is 0 Å². The lowest BCUT2D eigenvalue weighted by atomic mass is 10.0. The van der Waals surface area contributed by atoms with Crippen molar-refractivity contribution in [3.63, 3.8) is 0 Å². The number of benzene rings is 1. The molecule has 1 atom stereocenters. The first kappa shape index (κ1) is 6.71. The van der Waals surface area contributed by atoms with E-state index in [9.17, 15) is 0 Å². The van der Waals surface area contributed by atoms with Gasteiger partial charge in [0.2, 0.25) is 0 Å². The van der Waals surface area contributed by atoms with Crippen molar-refractivity contribution < 1.29 is 4.74 Å². The highest BCUT2D eigenvalue weighted by molar-refractivity contribution is 5.45. The molecule has 2 rings (SSSR count). The molecule has 0 spiro atoms. The number of para-hydroxylation sites is 1. The van der Waals surface area contributed by atoms with Gasteiger partial charge in [-0.2, -0.15) is 0 Å². The van der Waals surface area contributed by atoms with Gasteiger partial charge in [0, 0.05) is 11.5 Å². The number of rotatable bonds is 0. The fourth-order valence-electron chi connectivity index (χ4n) is 1.56. The van der Waals surface area contributed by atoms with E-state index in [1.54, 1.807) is 0 Å². The fraction of sp³-hybridized carbons (Fsp3) is 0.400. The van der Waals surface area contributed by atoms with E-state index in [-0.39, 0.29) is 0 Å². The molecule has 0 bridgehead atoms. The average molecular weight is 148 g/mol. The molecular weight excluding hydrogens is 136 g/mol. The van der Waals surface area contributed by atoms with Gasteiger partial charge in [-0.3, -0.25) is 0 Å². The monoisotopic (exact) mass is 148 g/mol. The van der Waals surface area contributed by atoms with Gasteiger partial charge in [-0.15, -0.1) is 0 Å². The molecule has 58 valence electrons. The van der Waals surface area contributed by atoms with Crippen molar-refractivity contribution in [2.24, 2.45) is 0 Å². The lowest BCUT2D eigenvalue weighted by Gasteiger charge is -2.01. The van der Waals surface area contributed by atoms with E-state index in [2.05, 4.69) is 32.0 Å². The Bertz CT molecular complexity index is 278. The minimum absolute atomic E-state index is 0.574. The van der Waals surface area contributed by atoms with Crippen LogP contribution in [0.25, 0.3) is 0 Å². The molecule has 0 saturated carbocycles. The first-order valence-electron chi connectivity index (χ1n) is 4.01. The molecule has 0 N–H and O–H groups in total. The Balaban J connectivity index is 2.57. The smallest absolute Gasteiger partial charge is 0.125 e. The summed E-state index contributed by atoms with van der Waals surface area (Å²) in [6, 6.07) is 6.34. The average Bonchev–Trinajstić information content (AvgIpc) is 2.35. The molecule has 11 heavy (non-hydrogen) atoms. The molecule has 1 heteroatoms. The SMILES string of the molecule is Cc1cccc2c1OC[C@@H]2C. The Morgan fingerprint density at radius 2 is 2.27 bits per heavy atom. The molecule has 1 heterocycles. The van der Waals surface area contributed by atoms with Gasteiger partial charge in [-0.1, -0.05) is 25.1 Å². The van der Waals surface area contributed by atoms with Crippen LogP contribution in [-0.4, -0.2) is 6.61 Å². The van der Waals surface area contributed by atoms with Crippen LogP contribution in [-0.2, 0) is 0 Å². The van der Waals surface area contributed by atoms with Crippen LogP contribution in [0.1, 0.15) is 24.0 Å². The normalized spacial score (nSPS) is 21.1. The van der Waals surface area contributed by atoms with Crippen molar-refractivity contribution in [1.29, 1.82) is 0 Å². The van der Waals surface area contributed by atoms with Crippen molar-refractivity contribution in [2.75, 3.05) is 6.61 Å². The van der Waals surface area contributed by atoms with Crippen LogP contribution in [0.15, 0.2) is 18.2 Å². The quantitative estimate of drug-likeness (QED) is 0.549. The van der Waals surface area contributed by atoms with Crippen LogP contribution in [0.4, 0.5) is 0 Å². The third kappa shape index (κ3) is 0.917. The number of fused-ring (bicyclic) bond motifs is 1. The molecular formula is C10H12O. The predicted octanol–water partition coefficient (Wildman–Crippen LogP) is 2.49. The lowest BCUT2D eigenvalue weighted by Crippen LogP contribution is -1.93. The summed E-state index contributed by atoms with van der Waals surface area (Å²) < 4.78 is 5.54. The van der Waals surface area contributed by atoms with Crippen molar-refractivity contribution in [1.82, 2.24) is 0 Å². The summed E-state index contributed by atoms with van der Waals surface area (Å²) >= 11 is 0. The van der Waals surface area contributed by atoms with Crippen LogP contribution in [0, 0.1) is 6.92 Å². The lowest BCUT2D eigenvalue weighted by molar-refractivity contribution is 0.335. The summed E-state index contributed by atoms with van der Waals surface area (Å²) in [5, 5.41) is 0. The third-order valence-corrected chi connectivity index (χ3v) is 2.25. The summed E-state index contributed by atoms with van der Waals surface area (Å²) in [7, 11) is 0. The zero-order valence-electron chi connectivity index (χ0n) is 6.92. The Labute approximate surface area is 67.0 Å². The molecule has 1 aromatic rings. The maximum Gasteiger partial charge on any atom is 0.125 e. The maximum absolute atomic E-state index is 5.54. The maximum atomic E-state index is 5.54. The minimum Gasteiger partial charge on any atom is -0.492 e. The van der Waals surface area contributed by atoms with E-state index in [4.69, 9.17) is 4.74 Å². The van der Waals surface area contributed by atoms with E-state index in [1.165, 1.54) is 11.1 Å². The van der Waals surface area contributed by atoms with Crippen molar-refractivity contribution >= 4 is 0 Å².